The van der Waals surface area contributed by atoms with E-state index in [0.29, 0.717) is 42.7 Å². The summed E-state index contributed by atoms with van der Waals surface area (Å²) in [6, 6.07) is 5.13. The second-order valence-electron chi connectivity index (χ2n) is 5.39. The molecule has 0 radical (unpaired) electrons. The summed E-state index contributed by atoms with van der Waals surface area (Å²) in [5, 5.41) is 2.82. The molecule has 0 heterocycles. The van der Waals surface area contributed by atoms with Gasteiger partial charge in [0.2, 0.25) is 0 Å². The minimum absolute atomic E-state index is 0.133. The fourth-order valence-corrected chi connectivity index (χ4v) is 1.75. The highest BCUT2D eigenvalue weighted by molar-refractivity contribution is 5.95. The fourth-order valence-electron chi connectivity index (χ4n) is 1.75. The van der Waals surface area contributed by atoms with Crippen molar-refractivity contribution in [2.24, 2.45) is 5.92 Å². The number of methoxy groups -OCH3 is 1. The van der Waals surface area contributed by atoms with E-state index in [1.807, 2.05) is 0 Å². The molecule has 5 nitrogen and oxygen atoms in total. The van der Waals surface area contributed by atoms with Gasteiger partial charge in [0.25, 0.3) is 5.91 Å². The summed E-state index contributed by atoms with van der Waals surface area (Å²) in [6.45, 7) is 6.13. The van der Waals surface area contributed by atoms with Crippen molar-refractivity contribution in [2.45, 2.75) is 26.7 Å². The summed E-state index contributed by atoms with van der Waals surface area (Å²) in [5.41, 5.74) is 6.96. The molecule has 0 unspecified atom stereocenters. The van der Waals surface area contributed by atoms with Crippen molar-refractivity contribution < 1.29 is 14.3 Å². The summed E-state index contributed by atoms with van der Waals surface area (Å²) >= 11 is 0. The Labute approximate surface area is 126 Å². The number of amides is 1. The van der Waals surface area contributed by atoms with Crippen molar-refractivity contribution >= 4 is 11.6 Å². The highest BCUT2D eigenvalue weighted by Gasteiger charge is 2.08. The Morgan fingerprint density at radius 3 is 2.71 bits per heavy atom. The van der Waals surface area contributed by atoms with Crippen LogP contribution in [-0.2, 0) is 4.74 Å². The molecule has 118 valence electrons. The van der Waals surface area contributed by atoms with Gasteiger partial charge in [0.15, 0.2) is 0 Å². The van der Waals surface area contributed by atoms with Gasteiger partial charge in [-0.25, -0.2) is 0 Å². The molecule has 0 aliphatic heterocycles. The van der Waals surface area contributed by atoms with Crippen LogP contribution in [-0.4, -0.2) is 32.8 Å². The van der Waals surface area contributed by atoms with Gasteiger partial charge >= 0.3 is 0 Å². The first-order valence-electron chi connectivity index (χ1n) is 7.34. The van der Waals surface area contributed by atoms with Gasteiger partial charge in [0, 0.05) is 25.8 Å². The van der Waals surface area contributed by atoms with Crippen LogP contribution in [0.15, 0.2) is 18.2 Å². The van der Waals surface area contributed by atoms with E-state index in [1.54, 1.807) is 25.3 Å². The number of carbonyl (C=O) groups excluding carboxylic acids is 1. The lowest BCUT2D eigenvalue weighted by Gasteiger charge is -2.11. The van der Waals surface area contributed by atoms with E-state index in [1.165, 1.54) is 0 Å². The van der Waals surface area contributed by atoms with Gasteiger partial charge in [-0.3, -0.25) is 4.79 Å². The largest absolute Gasteiger partial charge is 0.491 e. The zero-order chi connectivity index (χ0) is 15.7. The number of hydrogen-bond acceptors (Lipinski definition) is 4. The number of nitrogen functional groups attached to an aromatic ring is 1. The zero-order valence-electron chi connectivity index (χ0n) is 13.1. The van der Waals surface area contributed by atoms with Crippen LogP contribution in [0.3, 0.4) is 0 Å². The van der Waals surface area contributed by atoms with Crippen LogP contribution in [0.25, 0.3) is 0 Å². The second kappa shape index (κ2) is 9.23. The molecule has 0 aliphatic carbocycles. The van der Waals surface area contributed by atoms with Crippen molar-refractivity contribution in [3.8, 4) is 5.75 Å². The molecule has 3 N–H and O–H groups in total. The number of rotatable bonds is 9. The van der Waals surface area contributed by atoms with Crippen molar-refractivity contribution in [1.29, 1.82) is 0 Å². The summed E-state index contributed by atoms with van der Waals surface area (Å²) in [4.78, 5) is 11.9. The number of carbonyl (C=O) groups is 1. The van der Waals surface area contributed by atoms with Crippen molar-refractivity contribution in [2.75, 3.05) is 32.6 Å². The molecule has 0 saturated heterocycles. The predicted molar refractivity (Wildman–Crippen MR) is 84.6 cm³/mol. The highest BCUT2D eigenvalue weighted by Crippen LogP contribution is 2.23. The second-order valence-corrected chi connectivity index (χ2v) is 5.39. The van der Waals surface area contributed by atoms with E-state index < -0.39 is 0 Å². The zero-order valence-corrected chi connectivity index (χ0v) is 13.1. The van der Waals surface area contributed by atoms with Crippen LogP contribution in [0.5, 0.6) is 5.75 Å². The van der Waals surface area contributed by atoms with E-state index in [-0.39, 0.29) is 5.91 Å². The van der Waals surface area contributed by atoms with Crippen LogP contribution in [0.1, 0.15) is 37.0 Å². The average Bonchev–Trinajstić information content (AvgIpc) is 2.44. The third kappa shape index (κ3) is 6.49. The Bertz CT molecular complexity index is 447. The quantitative estimate of drug-likeness (QED) is 0.542. The van der Waals surface area contributed by atoms with Gasteiger partial charge < -0.3 is 20.5 Å². The Morgan fingerprint density at radius 2 is 2.10 bits per heavy atom. The molecular formula is C16H26N2O3. The SMILES string of the molecule is COCCCNC(=O)c1ccc(OCCC(C)C)c(N)c1. The van der Waals surface area contributed by atoms with Gasteiger partial charge in [-0.05, 0) is 37.0 Å². The fraction of sp³-hybridized carbons (Fsp3) is 0.562. The first kappa shape index (κ1) is 17.3. The number of nitrogens with two attached hydrogens (primary N) is 1. The molecule has 0 bridgehead atoms. The van der Waals surface area contributed by atoms with Gasteiger partial charge in [-0.2, -0.15) is 0 Å². The lowest BCUT2D eigenvalue weighted by atomic mass is 10.1. The average molecular weight is 294 g/mol. The lowest BCUT2D eigenvalue weighted by Crippen LogP contribution is -2.25. The Kier molecular flexibility index (Phi) is 7.61. The Morgan fingerprint density at radius 1 is 1.33 bits per heavy atom. The molecule has 1 aromatic carbocycles. The van der Waals surface area contributed by atoms with Crippen LogP contribution >= 0.6 is 0 Å². The molecule has 21 heavy (non-hydrogen) atoms. The molecule has 0 aromatic heterocycles. The smallest absolute Gasteiger partial charge is 0.251 e. The van der Waals surface area contributed by atoms with Crippen molar-refractivity contribution in [1.82, 2.24) is 5.32 Å². The van der Waals surface area contributed by atoms with Crippen LogP contribution in [0.4, 0.5) is 5.69 Å². The maximum absolute atomic E-state index is 11.9. The van der Waals surface area contributed by atoms with E-state index in [4.69, 9.17) is 15.2 Å². The molecular weight excluding hydrogens is 268 g/mol. The number of ether oxygens (including phenoxy) is 2. The molecule has 0 saturated carbocycles. The number of benzene rings is 1. The van der Waals surface area contributed by atoms with Crippen LogP contribution < -0.4 is 15.8 Å². The first-order chi connectivity index (χ1) is 10.0. The lowest BCUT2D eigenvalue weighted by molar-refractivity contribution is 0.0948. The maximum atomic E-state index is 11.9. The standard InChI is InChI=1S/C16H26N2O3/c1-12(2)7-10-21-15-6-5-13(11-14(15)17)16(19)18-8-4-9-20-3/h5-6,11-12H,4,7-10,17H2,1-3H3,(H,18,19). The van der Waals surface area contributed by atoms with Gasteiger partial charge in [0.05, 0.1) is 12.3 Å². The first-order valence-corrected chi connectivity index (χ1v) is 7.34. The monoisotopic (exact) mass is 294 g/mol. The third-order valence-corrected chi connectivity index (χ3v) is 3.04. The normalized spacial score (nSPS) is 10.7. The highest BCUT2D eigenvalue weighted by atomic mass is 16.5. The Balaban J connectivity index is 2.50. The number of nitrogens with one attached hydrogen (secondary N) is 1. The minimum atomic E-state index is -0.133. The molecule has 5 heteroatoms. The van der Waals surface area contributed by atoms with E-state index in [0.717, 1.165) is 12.8 Å². The summed E-state index contributed by atoms with van der Waals surface area (Å²) in [5.74, 6) is 1.08. The van der Waals surface area contributed by atoms with E-state index in [2.05, 4.69) is 19.2 Å². The van der Waals surface area contributed by atoms with E-state index in [9.17, 15) is 4.79 Å². The molecule has 1 aromatic rings. The van der Waals surface area contributed by atoms with E-state index >= 15 is 0 Å². The summed E-state index contributed by atoms with van der Waals surface area (Å²) in [6.07, 6.45) is 1.76. The summed E-state index contributed by atoms with van der Waals surface area (Å²) < 4.78 is 10.6. The Hall–Kier alpha value is -1.75. The van der Waals surface area contributed by atoms with Gasteiger partial charge in [0.1, 0.15) is 5.75 Å². The predicted octanol–water partition coefficient (Wildman–Crippen LogP) is 2.46. The number of hydrogen-bond donors (Lipinski definition) is 2. The van der Waals surface area contributed by atoms with Crippen molar-refractivity contribution in [3.05, 3.63) is 23.8 Å². The molecule has 0 aliphatic rings. The molecule has 0 spiro atoms. The molecule has 1 amide bonds. The van der Waals surface area contributed by atoms with Gasteiger partial charge in [-0.15, -0.1) is 0 Å². The molecule has 0 fully saturated rings. The summed E-state index contributed by atoms with van der Waals surface area (Å²) in [7, 11) is 1.64. The minimum Gasteiger partial charge on any atom is -0.491 e. The number of anilines is 1. The topological polar surface area (TPSA) is 73.6 Å². The molecule has 0 atom stereocenters. The third-order valence-electron chi connectivity index (χ3n) is 3.04. The maximum Gasteiger partial charge on any atom is 0.251 e. The van der Waals surface area contributed by atoms with Crippen LogP contribution in [0, 0.1) is 5.92 Å². The molecule has 1 rings (SSSR count). The van der Waals surface area contributed by atoms with Crippen LogP contribution in [0.2, 0.25) is 0 Å². The van der Waals surface area contributed by atoms with Gasteiger partial charge in [-0.1, -0.05) is 13.8 Å². The van der Waals surface area contributed by atoms with Crippen molar-refractivity contribution in [3.63, 3.8) is 0 Å².